The predicted molar refractivity (Wildman–Crippen MR) is 42.8 cm³/mol. The molecule has 0 N–H and O–H groups in total. The molecular formula is C6H7N3O2S. The first-order chi connectivity index (χ1) is 5.74. The Morgan fingerprint density at radius 2 is 2.58 bits per heavy atom. The van der Waals surface area contributed by atoms with Crippen LogP contribution in [0.3, 0.4) is 0 Å². The third-order valence-electron chi connectivity index (χ3n) is 1.14. The summed E-state index contributed by atoms with van der Waals surface area (Å²) in [6.07, 6.45) is 1.84. The van der Waals surface area contributed by atoms with Gasteiger partial charge in [0, 0.05) is 7.05 Å². The highest BCUT2D eigenvalue weighted by atomic mass is 32.2. The Morgan fingerprint density at radius 3 is 3.08 bits per heavy atom. The van der Waals surface area contributed by atoms with Gasteiger partial charge in [-0.2, -0.15) is 0 Å². The quantitative estimate of drug-likeness (QED) is 0.365. The third-order valence-corrected chi connectivity index (χ3v) is 2.20. The zero-order chi connectivity index (χ0) is 8.97. The molecule has 12 heavy (non-hydrogen) atoms. The van der Waals surface area contributed by atoms with Crippen molar-refractivity contribution in [2.45, 2.75) is 5.16 Å². The summed E-state index contributed by atoms with van der Waals surface area (Å²) in [4.78, 5) is 20.5. The second-order valence-electron chi connectivity index (χ2n) is 2.10. The molecule has 0 radical (unpaired) electrons. The Kier molecular flexibility index (Phi) is 2.98. The zero-order valence-corrected chi connectivity index (χ0v) is 7.24. The van der Waals surface area contributed by atoms with Crippen LogP contribution in [-0.4, -0.2) is 32.6 Å². The van der Waals surface area contributed by atoms with E-state index in [4.69, 9.17) is 0 Å². The van der Waals surface area contributed by atoms with Crippen molar-refractivity contribution in [1.82, 2.24) is 14.8 Å². The first-order valence-electron chi connectivity index (χ1n) is 3.19. The third kappa shape index (κ3) is 2.16. The van der Waals surface area contributed by atoms with Crippen molar-refractivity contribution >= 4 is 23.8 Å². The molecule has 0 aliphatic heterocycles. The van der Waals surface area contributed by atoms with Crippen LogP contribution in [0.25, 0.3) is 0 Å². The zero-order valence-electron chi connectivity index (χ0n) is 6.43. The van der Waals surface area contributed by atoms with Crippen LogP contribution in [-0.2, 0) is 16.6 Å². The van der Waals surface area contributed by atoms with E-state index in [1.165, 1.54) is 18.1 Å². The van der Waals surface area contributed by atoms with Gasteiger partial charge in [0.05, 0.1) is 5.75 Å². The van der Waals surface area contributed by atoms with Gasteiger partial charge in [-0.15, -0.1) is 10.2 Å². The summed E-state index contributed by atoms with van der Waals surface area (Å²) in [5.74, 6) is -0.321. The molecule has 0 amide bonds. The number of thioether (sulfide) groups is 1. The summed E-state index contributed by atoms with van der Waals surface area (Å²) >= 11 is 1.19. The molecule has 0 spiro atoms. The molecule has 6 heteroatoms. The largest absolute Gasteiger partial charge is 0.312 e. The topological polar surface area (TPSA) is 64.8 Å². The van der Waals surface area contributed by atoms with Crippen LogP contribution in [0, 0.1) is 0 Å². The second kappa shape index (κ2) is 4.01. The molecule has 64 valence electrons. The number of carbonyl (C=O) groups is 2. The summed E-state index contributed by atoms with van der Waals surface area (Å²) in [7, 11) is 1.77. The number of rotatable bonds is 4. The summed E-state index contributed by atoms with van der Waals surface area (Å²) in [5.41, 5.74) is 0. The van der Waals surface area contributed by atoms with Gasteiger partial charge in [-0.3, -0.25) is 9.59 Å². The SMILES string of the molecule is Cn1cnnc1SCC(=O)C=O. The molecule has 1 aromatic rings. The Balaban J connectivity index is 2.48. The maximum Gasteiger partial charge on any atom is 0.205 e. The minimum absolute atomic E-state index is 0.121. The van der Waals surface area contributed by atoms with E-state index in [1.54, 1.807) is 11.6 Å². The lowest BCUT2D eigenvalue weighted by Crippen LogP contribution is -2.03. The fourth-order valence-corrected chi connectivity index (χ4v) is 1.27. The number of hydrogen-bond acceptors (Lipinski definition) is 5. The van der Waals surface area contributed by atoms with Crippen LogP contribution in [0.4, 0.5) is 0 Å². The second-order valence-corrected chi connectivity index (χ2v) is 3.04. The number of nitrogens with zero attached hydrogens (tertiary/aromatic N) is 3. The van der Waals surface area contributed by atoms with E-state index in [1.807, 2.05) is 0 Å². The average molecular weight is 185 g/mol. The lowest BCUT2D eigenvalue weighted by molar-refractivity contribution is -0.128. The highest BCUT2D eigenvalue weighted by molar-refractivity contribution is 7.99. The molecule has 0 bridgehead atoms. The van der Waals surface area contributed by atoms with Crippen molar-refractivity contribution in [2.75, 3.05) is 5.75 Å². The van der Waals surface area contributed by atoms with Gasteiger partial charge < -0.3 is 4.57 Å². The number of ketones is 1. The number of aromatic nitrogens is 3. The Labute approximate surface area is 73.2 Å². The van der Waals surface area contributed by atoms with Gasteiger partial charge in [-0.1, -0.05) is 11.8 Å². The molecule has 0 saturated carbocycles. The fraction of sp³-hybridized carbons (Fsp3) is 0.333. The number of carbonyl (C=O) groups excluding carboxylic acids is 2. The van der Waals surface area contributed by atoms with Gasteiger partial charge in [0.15, 0.2) is 11.4 Å². The van der Waals surface area contributed by atoms with Crippen LogP contribution >= 0.6 is 11.8 Å². The minimum atomic E-state index is -0.442. The molecule has 5 nitrogen and oxygen atoms in total. The van der Waals surface area contributed by atoms with Gasteiger partial charge >= 0.3 is 0 Å². The van der Waals surface area contributed by atoms with Crippen molar-refractivity contribution in [3.8, 4) is 0 Å². The first-order valence-corrected chi connectivity index (χ1v) is 4.17. The predicted octanol–water partition coefficient (Wildman–Crippen LogP) is -0.325. The van der Waals surface area contributed by atoms with E-state index in [9.17, 15) is 9.59 Å². The van der Waals surface area contributed by atoms with Crippen LogP contribution in [0.2, 0.25) is 0 Å². The molecule has 0 aliphatic carbocycles. The number of Topliss-reactive ketones (excluding diaryl/α,β-unsaturated/α-hetero) is 1. The molecule has 0 aromatic carbocycles. The van der Waals surface area contributed by atoms with Crippen molar-refractivity contribution in [3.63, 3.8) is 0 Å². The summed E-state index contributed by atoms with van der Waals surface area (Å²) < 4.78 is 1.68. The Bertz CT molecular complexity index is 297. The van der Waals surface area contributed by atoms with Crippen LogP contribution in [0.1, 0.15) is 0 Å². The number of hydrogen-bond donors (Lipinski definition) is 0. The van der Waals surface area contributed by atoms with E-state index in [2.05, 4.69) is 10.2 Å². The lowest BCUT2D eigenvalue weighted by atomic mass is 10.5. The highest BCUT2D eigenvalue weighted by Crippen LogP contribution is 2.12. The van der Waals surface area contributed by atoms with Crippen molar-refractivity contribution in [3.05, 3.63) is 6.33 Å². The van der Waals surface area contributed by atoms with E-state index in [0.29, 0.717) is 11.4 Å². The number of aldehydes is 1. The van der Waals surface area contributed by atoms with Crippen molar-refractivity contribution < 1.29 is 9.59 Å². The van der Waals surface area contributed by atoms with E-state index in [0.717, 1.165) is 0 Å². The van der Waals surface area contributed by atoms with Crippen LogP contribution in [0.15, 0.2) is 11.5 Å². The average Bonchev–Trinajstić information content (AvgIpc) is 2.47. The summed E-state index contributed by atoms with van der Waals surface area (Å²) in [5, 5.41) is 7.98. The van der Waals surface area contributed by atoms with Gasteiger partial charge in [-0.25, -0.2) is 0 Å². The standard InChI is InChI=1S/C6H7N3O2S/c1-9-4-7-8-6(9)12-3-5(11)2-10/h2,4H,3H2,1H3. The Morgan fingerprint density at radius 1 is 1.83 bits per heavy atom. The van der Waals surface area contributed by atoms with Crippen LogP contribution < -0.4 is 0 Å². The molecule has 0 saturated heterocycles. The number of aryl methyl sites for hydroxylation is 1. The minimum Gasteiger partial charge on any atom is -0.312 e. The molecule has 0 atom stereocenters. The monoisotopic (exact) mass is 185 g/mol. The van der Waals surface area contributed by atoms with Gasteiger partial charge in [0.25, 0.3) is 0 Å². The van der Waals surface area contributed by atoms with Gasteiger partial charge in [-0.05, 0) is 0 Å². The van der Waals surface area contributed by atoms with Crippen molar-refractivity contribution in [2.24, 2.45) is 7.05 Å². The molecular weight excluding hydrogens is 178 g/mol. The van der Waals surface area contributed by atoms with Gasteiger partial charge in [0.1, 0.15) is 6.33 Å². The van der Waals surface area contributed by atoms with Crippen LogP contribution in [0.5, 0.6) is 0 Å². The van der Waals surface area contributed by atoms with E-state index >= 15 is 0 Å². The normalized spacial score (nSPS) is 9.75. The summed E-state index contributed by atoms with van der Waals surface area (Å²) in [6.45, 7) is 0. The smallest absolute Gasteiger partial charge is 0.205 e. The van der Waals surface area contributed by atoms with Gasteiger partial charge in [0.2, 0.25) is 5.78 Å². The molecule has 0 aliphatic rings. The molecule has 0 unspecified atom stereocenters. The molecule has 1 rings (SSSR count). The summed E-state index contributed by atoms with van der Waals surface area (Å²) in [6, 6.07) is 0. The Hall–Kier alpha value is -1.17. The molecule has 1 aromatic heterocycles. The highest BCUT2D eigenvalue weighted by Gasteiger charge is 2.04. The first kappa shape index (κ1) is 8.92. The fourth-order valence-electron chi connectivity index (χ4n) is 0.573. The molecule has 1 heterocycles. The molecule has 0 fully saturated rings. The van der Waals surface area contributed by atoms with Crippen molar-refractivity contribution in [1.29, 1.82) is 0 Å². The van der Waals surface area contributed by atoms with E-state index in [-0.39, 0.29) is 5.75 Å². The maximum atomic E-state index is 10.6. The lowest BCUT2D eigenvalue weighted by Gasteiger charge is -1.95. The van der Waals surface area contributed by atoms with E-state index < -0.39 is 5.78 Å². The maximum absolute atomic E-state index is 10.6.